The van der Waals surface area contributed by atoms with Gasteiger partial charge in [0.15, 0.2) is 9.84 Å². The molecule has 0 atom stereocenters. The molecule has 1 aromatic heterocycles. The molecule has 0 bridgehead atoms. The van der Waals surface area contributed by atoms with Crippen LogP contribution in [0, 0.1) is 5.92 Å². The normalized spacial score (nSPS) is 14.2. The number of carbonyl (C=O) groups is 1. The molecule has 3 rings (SSSR count). The van der Waals surface area contributed by atoms with Crippen LogP contribution in [-0.2, 0) is 16.4 Å². The summed E-state index contributed by atoms with van der Waals surface area (Å²) in [5, 5.41) is 2.16. The number of aromatic nitrogens is 1. The largest absolute Gasteiger partial charge is 0.477 e. The maximum absolute atomic E-state index is 12.5. The predicted octanol–water partition coefficient (Wildman–Crippen LogP) is 2.98. The molecule has 1 amide bonds. The quantitative estimate of drug-likeness (QED) is 0.751. The summed E-state index contributed by atoms with van der Waals surface area (Å²) in [7, 11) is -3.54. The highest BCUT2D eigenvalue weighted by Crippen LogP contribution is 2.29. The minimum Gasteiger partial charge on any atom is -0.477 e. The Kier molecular flexibility index (Phi) is 5.79. The van der Waals surface area contributed by atoms with Crippen molar-refractivity contribution in [3.63, 3.8) is 0 Å². The molecule has 0 spiro atoms. The number of ether oxygens (including phenoxy) is 1. The van der Waals surface area contributed by atoms with Crippen LogP contribution >= 0.6 is 0 Å². The summed E-state index contributed by atoms with van der Waals surface area (Å²) in [5.74, 6) is 0.808. The molecule has 0 radical (unpaired) electrons. The van der Waals surface area contributed by atoms with Gasteiger partial charge in [0.25, 0.3) is 5.91 Å². The van der Waals surface area contributed by atoms with E-state index < -0.39 is 21.0 Å². The Hall–Kier alpha value is -2.41. The van der Waals surface area contributed by atoms with E-state index in [0.717, 1.165) is 5.56 Å². The van der Waals surface area contributed by atoms with E-state index in [1.165, 1.54) is 25.0 Å². The molecule has 1 fully saturated rings. The molecule has 1 heterocycles. The van der Waals surface area contributed by atoms with E-state index in [2.05, 4.69) is 10.3 Å². The lowest BCUT2D eigenvalue weighted by molar-refractivity contribution is 0.0947. The van der Waals surface area contributed by atoms with Crippen molar-refractivity contribution in [2.75, 3.05) is 6.61 Å². The molecule has 1 N–H and O–H groups in total. The summed E-state index contributed by atoms with van der Waals surface area (Å²) in [4.78, 5) is 16.8. The first-order valence-electron chi connectivity index (χ1n) is 9.07. The monoisotopic (exact) mass is 388 g/mol. The molecule has 6 nitrogen and oxygen atoms in total. The first-order chi connectivity index (χ1) is 12.9. The lowest BCUT2D eigenvalue weighted by Gasteiger charge is -2.13. The van der Waals surface area contributed by atoms with E-state index in [4.69, 9.17) is 4.74 Å². The summed E-state index contributed by atoms with van der Waals surface area (Å²) < 4.78 is 30.5. The van der Waals surface area contributed by atoms with Crippen LogP contribution in [-0.4, -0.2) is 31.2 Å². The Morgan fingerprint density at radius 2 is 1.96 bits per heavy atom. The van der Waals surface area contributed by atoms with Gasteiger partial charge in [0.2, 0.25) is 5.88 Å². The molecule has 0 aliphatic heterocycles. The highest BCUT2D eigenvalue weighted by Gasteiger charge is 2.25. The first kappa shape index (κ1) is 19.4. The highest BCUT2D eigenvalue weighted by atomic mass is 32.2. The smallest absolute Gasteiger partial charge is 0.252 e. The van der Waals surface area contributed by atoms with Crippen molar-refractivity contribution in [3.05, 3.63) is 53.7 Å². The van der Waals surface area contributed by atoms with Crippen LogP contribution in [0.4, 0.5) is 0 Å². The number of rotatable bonds is 8. The number of nitrogens with one attached hydrogen (secondary N) is 1. The second-order valence-corrected chi connectivity index (χ2v) is 9.50. The number of benzene rings is 1. The summed E-state index contributed by atoms with van der Waals surface area (Å²) in [6.07, 6.45) is 4.09. The van der Waals surface area contributed by atoms with Crippen molar-refractivity contribution < 1.29 is 17.9 Å². The zero-order valence-corrected chi connectivity index (χ0v) is 16.3. The fraction of sp³-hybridized carbons (Fsp3) is 0.400. The van der Waals surface area contributed by atoms with Crippen LogP contribution in [0.3, 0.4) is 0 Å². The van der Waals surface area contributed by atoms with Gasteiger partial charge in [-0.05, 0) is 50.3 Å². The summed E-state index contributed by atoms with van der Waals surface area (Å²) in [6, 6.07) is 9.89. The van der Waals surface area contributed by atoms with Crippen LogP contribution < -0.4 is 10.1 Å². The zero-order chi connectivity index (χ0) is 19.4. The van der Waals surface area contributed by atoms with Crippen LogP contribution in [0.5, 0.6) is 5.88 Å². The van der Waals surface area contributed by atoms with E-state index in [1.54, 1.807) is 38.2 Å². The van der Waals surface area contributed by atoms with Gasteiger partial charge in [0.05, 0.1) is 22.3 Å². The van der Waals surface area contributed by atoms with Crippen molar-refractivity contribution in [2.24, 2.45) is 5.92 Å². The number of amides is 1. The van der Waals surface area contributed by atoms with Gasteiger partial charge in [-0.3, -0.25) is 4.79 Å². The third-order valence-electron chi connectivity index (χ3n) is 4.47. The van der Waals surface area contributed by atoms with Gasteiger partial charge < -0.3 is 10.1 Å². The summed E-state index contributed by atoms with van der Waals surface area (Å²) >= 11 is 0. The van der Waals surface area contributed by atoms with Crippen molar-refractivity contribution in [1.29, 1.82) is 0 Å². The number of nitrogens with zero attached hydrogens (tertiary/aromatic N) is 1. The van der Waals surface area contributed by atoms with Crippen LogP contribution in [0.2, 0.25) is 0 Å². The van der Waals surface area contributed by atoms with Gasteiger partial charge in [-0.2, -0.15) is 0 Å². The fourth-order valence-electron chi connectivity index (χ4n) is 2.52. The van der Waals surface area contributed by atoms with E-state index in [9.17, 15) is 13.2 Å². The van der Waals surface area contributed by atoms with E-state index in [0.29, 0.717) is 18.4 Å². The van der Waals surface area contributed by atoms with Gasteiger partial charge in [-0.1, -0.05) is 18.2 Å². The van der Waals surface area contributed by atoms with E-state index in [-0.39, 0.29) is 17.0 Å². The zero-order valence-electron chi connectivity index (χ0n) is 15.5. The predicted molar refractivity (Wildman–Crippen MR) is 102 cm³/mol. The third-order valence-corrected chi connectivity index (χ3v) is 6.68. The van der Waals surface area contributed by atoms with Crippen molar-refractivity contribution in [1.82, 2.24) is 10.3 Å². The third kappa shape index (κ3) is 4.86. The lowest BCUT2D eigenvalue weighted by atomic mass is 10.2. The molecule has 7 heteroatoms. The Balaban J connectivity index is 1.64. The molecule has 1 aliphatic rings. The number of hydrogen-bond acceptors (Lipinski definition) is 5. The average Bonchev–Trinajstić information content (AvgIpc) is 3.49. The Morgan fingerprint density at radius 1 is 1.22 bits per heavy atom. The van der Waals surface area contributed by atoms with Gasteiger partial charge in [-0.25, -0.2) is 13.4 Å². The standard InChI is InChI=1S/C20H24N2O4S/c1-14(2)27(24,25)18-6-4-3-5-17(18)20(23)22-12-16-9-10-19(21-11-16)26-13-15-7-8-15/h3-6,9-11,14-15H,7-8,12-13H2,1-2H3,(H,22,23). The molecule has 1 aliphatic carbocycles. The maximum Gasteiger partial charge on any atom is 0.252 e. The Morgan fingerprint density at radius 3 is 2.59 bits per heavy atom. The van der Waals surface area contributed by atoms with Gasteiger partial charge in [0.1, 0.15) is 0 Å². The molecule has 1 saturated carbocycles. The average molecular weight is 388 g/mol. The Bertz CT molecular complexity index is 904. The highest BCUT2D eigenvalue weighted by molar-refractivity contribution is 7.92. The van der Waals surface area contributed by atoms with Crippen LogP contribution in [0.25, 0.3) is 0 Å². The molecule has 0 saturated heterocycles. The van der Waals surface area contributed by atoms with E-state index >= 15 is 0 Å². The second kappa shape index (κ2) is 8.08. The molecule has 1 aromatic carbocycles. The maximum atomic E-state index is 12.5. The van der Waals surface area contributed by atoms with Crippen molar-refractivity contribution in [3.8, 4) is 5.88 Å². The molecule has 0 unspecified atom stereocenters. The van der Waals surface area contributed by atoms with Crippen LogP contribution in [0.1, 0.15) is 42.6 Å². The second-order valence-electron chi connectivity index (χ2n) is 7.03. The van der Waals surface area contributed by atoms with Crippen molar-refractivity contribution >= 4 is 15.7 Å². The minimum absolute atomic E-state index is 0.0550. The lowest BCUT2D eigenvalue weighted by Crippen LogP contribution is -2.26. The van der Waals surface area contributed by atoms with Gasteiger partial charge in [0, 0.05) is 18.8 Å². The topological polar surface area (TPSA) is 85.4 Å². The number of hydrogen-bond donors (Lipinski definition) is 1. The van der Waals surface area contributed by atoms with Gasteiger partial charge in [-0.15, -0.1) is 0 Å². The fourth-order valence-corrected chi connectivity index (χ4v) is 3.77. The Labute approximate surface area is 159 Å². The molecule has 144 valence electrons. The van der Waals surface area contributed by atoms with Crippen LogP contribution in [0.15, 0.2) is 47.5 Å². The van der Waals surface area contributed by atoms with Crippen molar-refractivity contribution in [2.45, 2.75) is 43.4 Å². The SMILES string of the molecule is CC(C)S(=O)(=O)c1ccccc1C(=O)NCc1ccc(OCC2CC2)nc1. The summed E-state index contributed by atoms with van der Waals surface area (Å²) in [5.41, 5.74) is 0.967. The summed E-state index contributed by atoms with van der Waals surface area (Å²) in [6.45, 7) is 4.15. The first-order valence-corrected chi connectivity index (χ1v) is 10.6. The molecular weight excluding hydrogens is 364 g/mol. The van der Waals surface area contributed by atoms with Gasteiger partial charge >= 0.3 is 0 Å². The number of sulfone groups is 1. The molecular formula is C20H24N2O4S. The van der Waals surface area contributed by atoms with E-state index in [1.807, 2.05) is 6.07 Å². The minimum atomic E-state index is -3.54. The molecule has 27 heavy (non-hydrogen) atoms. The molecule has 2 aromatic rings. The number of pyridine rings is 1. The number of carbonyl (C=O) groups excluding carboxylic acids is 1.